The highest BCUT2D eigenvalue weighted by Gasteiger charge is 2.29. The number of carbonyl (C=O) groups is 1. The van der Waals surface area contributed by atoms with E-state index >= 15 is 0 Å². The van der Waals surface area contributed by atoms with Crippen LogP contribution in [-0.2, 0) is 4.74 Å². The van der Waals surface area contributed by atoms with E-state index in [4.69, 9.17) is 5.11 Å². The first-order chi connectivity index (χ1) is 4.81. The highest BCUT2D eigenvalue weighted by molar-refractivity contribution is 5.58. The Morgan fingerprint density at radius 2 is 2.00 bits per heavy atom. The van der Waals surface area contributed by atoms with Gasteiger partial charge in [-0.2, -0.15) is 13.2 Å². The van der Waals surface area contributed by atoms with Gasteiger partial charge in [0, 0.05) is 0 Å². The molecule has 64 valence electrons. The molecule has 0 heterocycles. The maximum absolute atomic E-state index is 11.4. The second kappa shape index (κ2) is 3.27. The fraction of sp³-hybridized carbons (Fsp3) is 0.400. The summed E-state index contributed by atoms with van der Waals surface area (Å²) < 4.78 is 37.9. The molecule has 0 saturated heterocycles. The van der Waals surface area contributed by atoms with Gasteiger partial charge < -0.3 is 9.84 Å². The quantitative estimate of drug-likeness (QED) is 0.510. The highest BCUT2D eigenvalue weighted by atomic mass is 19.4. The van der Waals surface area contributed by atoms with Crippen molar-refractivity contribution in [3.8, 4) is 0 Å². The topological polar surface area (TPSA) is 46.5 Å². The number of rotatable bonds is 2. The third kappa shape index (κ3) is 6.69. The van der Waals surface area contributed by atoms with Crippen LogP contribution in [0.4, 0.5) is 18.0 Å². The Morgan fingerprint density at radius 3 is 2.27 bits per heavy atom. The molecule has 0 bridgehead atoms. The summed E-state index contributed by atoms with van der Waals surface area (Å²) in [5, 5.41) is 7.83. The smallest absolute Gasteiger partial charge is 0.449 e. The van der Waals surface area contributed by atoms with Gasteiger partial charge in [-0.15, -0.1) is 0 Å². The molecule has 3 nitrogen and oxygen atoms in total. The number of carboxylic acid groups (broad SMARTS) is 1. The fourth-order valence-electron chi connectivity index (χ4n) is 0.383. The molecule has 0 spiro atoms. The lowest BCUT2D eigenvalue weighted by Gasteiger charge is -2.06. The van der Waals surface area contributed by atoms with Crippen molar-refractivity contribution in [2.24, 2.45) is 0 Å². The highest BCUT2D eigenvalue weighted by Crippen LogP contribution is 2.23. The molecule has 0 saturated carbocycles. The van der Waals surface area contributed by atoms with E-state index in [0.29, 0.717) is 0 Å². The van der Waals surface area contributed by atoms with E-state index in [1.165, 1.54) is 0 Å². The number of halogens is 3. The molecule has 0 aromatic rings. The maximum Gasteiger partial charge on any atom is 0.511 e. The van der Waals surface area contributed by atoms with Crippen molar-refractivity contribution in [3.05, 3.63) is 12.3 Å². The van der Waals surface area contributed by atoms with Crippen LogP contribution in [0.2, 0.25) is 0 Å². The van der Waals surface area contributed by atoms with Crippen LogP contribution >= 0.6 is 0 Å². The lowest BCUT2D eigenvalue weighted by atomic mass is 10.4. The van der Waals surface area contributed by atoms with Crippen molar-refractivity contribution >= 4 is 6.16 Å². The zero-order chi connectivity index (χ0) is 9.07. The van der Waals surface area contributed by atoms with E-state index in [1.54, 1.807) is 0 Å². The molecule has 0 unspecified atom stereocenters. The summed E-state index contributed by atoms with van der Waals surface area (Å²) in [6.45, 7) is 2.76. The Labute approximate surface area is 60.1 Å². The van der Waals surface area contributed by atoms with Crippen molar-refractivity contribution in [1.82, 2.24) is 0 Å². The summed E-state index contributed by atoms with van der Waals surface area (Å²) in [6.07, 6.45) is -7.72. The Kier molecular flexibility index (Phi) is 2.91. The van der Waals surface area contributed by atoms with Crippen LogP contribution in [0.15, 0.2) is 12.3 Å². The number of hydrogen-bond donors (Lipinski definition) is 1. The molecule has 0 aromatic carbocycles. The van der Waals surface area contributed by atoms with E-state index in [0.717, 1.165) is 0 Å². The summed E-state index contributed by atoms with van der Waals surface area (Å²) in [5.41, 5.74) is 0. The van der Waals surface area contributed by atoms with Gasteiger partial charge >= 0.3 is 12.3 Å². The first kappa shape index (κ1) is 9.80. The predicted octanol–water partition coefficient (Wildman–Crippen LogP) is 2.15. The third-order valence-electron chi connectivity index (χ3n) is 0.629. The van der Waals surface area contributed by atoms with Crippen LogP contribution in [0, 0.1) is 0 Å². The van der Waals surface area contributed by atoms with E-state index in [2.05, 4.69) is 11.3 Å². The summed E-state index contributed by atoms with van der Waals surface area (Å²) in [7, 11) is 0. The van der Waals surface area contributed by atoms with Crippen molar-refractivity contribution in [3.63, 3.8) is 0 Å². The molecule has 0 radical (unpaired) electrons. The van der Waals surface area contributed by atoms with Crippen molar-refractivity contribution in [1.29, 1.82) is 0 Å². The summed E-state index contributed by atoms with van der Waals surface area (Å²) in [6, 6.07) is 0. The van der Waals surface area contributed by atoms with Gasteiger partial charge in [-0.25, -0.2) is 4.79 Å². The zero-order valence-electron chi connectivity index (χ0n) is 5.31. The minimum absolute atomic E-state index is 0.829. The van der Waals surface area contributed by atoms with Gasteiger partial charge in [0.2, 0.25) is 0 Å². The lowest BCUT2D eigenvalue weighted by Crippen LogP contribution is -2.11. The minimum atomic E-state index is -4.48. The largest absolute Gasteiger partial charge is 0.511 e. The minimum Gasteiger partial charge on any atom is -0.449 e. The normalized spacial score (nSPS) is 10.8. The first-order valence-electron chi connectivity index (χ1n) is 2.46. The molecule has 0 aliphatic carbocycles. The molecular formula is C5H5F3O3. The van der Waals surface area contributed by atoms with Crippen LogP contribution in [0.25, 0.3) is 0 Å². The summed E-state index contributed by atoms with van der Waals surface area (Å²) in [5.74, 6) is -0.829. The third-order valence-corrected chi connectivity index (χ3v) is 0.629. The second-order valence-corrected chi connectivity index (χ2v) is 1.70. The Balaban J connectivity index is 3.80. The van der Waals surface area contributed by atoms with Gasteiger partial charge in [0.25, 0.3) is 0 Å². The van der Waals surface area contributed by atoms with Gasteiger partial charge in [-0.1, -0.05) is 6.58 Å². The van der Waals surface area contributed by atoms with Gasteiger partial charge in [0.1, 0.15) is 12.2 Å². The molecule has 0 fully saturated rings. The molecule has 1 N–H and O–H groups in total. The fourth-order valence-corrected chi connectivity index (χ4v) is 0.383. The molecule has 0 aliphatic heterocycles. The van der Waals surface area contributed by atoms with E-state index in [1.807, 2.05) is 0 Å². The molecule has 0 amide bonds. The molecule has 11 heavy (non-hydrogen) atoms. The average molecular weight is 170 g/mol. The number of alkyl halides is 3. The number of ether oxygens (including phenoxy) is 1. The maximum atomic E-state index is 11.4. The molecule has 0 atom stereocenters. The molecule has 6 heteroatoms. The molecule has 0 aliphatic rings. The average Bonchev–Trinajstić information content (AvgIpc) is 1.53. The number of allylic oxidation sites excluding steroid dienone is 1. The summed E-state index contributed by atoms with van der Waals surface area (Å²) in [4.78, 5) is 9.65. The molecular weight excluding hydrogens is 165 g/mol. The van der Waals surface area contributed by atoms with Gasteiger partial charge in [-0.3, -0.25) is 0 Å². The van der Waals surface area contributed by atoms with Crippen LogP contribution in [0.1, 0.15) is 6.42 Å². The van der Waals surface area contributed by atoms with Crippen molar-refractivity contribution in [2.45, 2.75) is 12.6 Å². The van der Waals surface area contributed by atoms with Crippen molar-refractivity contribution in [2.75, 3.05) is 0 Å². The van der Waals surface area contributed by atoms with Crippen LogP contribution in [-0.4, -0.2) is 17.4 Å². The van der Waals surface area contributed by atoms with E-state index < -0.39 is 24.5 Å². The van der Waals surface area contributed by atoms with Gasteiger partial charge in [0.15, 0.2) is 0 Å². The van der Waals surface area contributed by atoms with E-state index in [-0.39, 0.29) is 0 Å². The van der Waals surface area contributed by atoms with E-state index in [9.17, 15) is 18.0 Å². The van der Waals surface area contributed by atoms with Crippen LogP contribution < -0.4 is 0 Å². The second-order valence-electron chi connectivity index (χ2n) is 1.70. The first-order valence-corrected chi connectivity index (χ1v) is 2.46. The monoisotopic (exact) mass is 170 g/mol. The van der Waals surface area contributed by atoms with Gasteiger partial charge in [0.05, 0.1) is 0 Å². The van der Waals surface area contributed by atoms with Crippen LogP contribution in [0.3, 0.4) is 0 Å². The Bertz CT molecular complexity index is 172. The standard InChI is InChI=1S/C5H5F3O3/c1-3(11-4(9)10)2-5(6,7)8/h1-2H2,(H,9,10). The molecule has 0 aromatic heterocycles. The Hall–Kier alpha value is -1.20. The lowest BCUT2D eigenvalue weighted by molar-refractivity contribution is -0.132. The van der Waals surface area contributed by atoms with Crippen LogP contribution in [0.5, 0.6) is 0 Å². The SMILES string of the molecule is C=C(CC(F)(F)F)OC(=O)O. The van der Waals surface area contributed by atoms with Gasteiger partial charge in [-0.05, 0) is 0 Å². The molecule has 0 rings (SSSR count). The summed E-state index contributed by atoms with van der Waals surface area (Å²) >= 11 is 0. The Morgan fingerprint density at radius 1 is 1.55 bits per heavy atom. The predicted molar refractivity (Wildman–Crippen MR) is 28.9 cm³/mol. The zero-order valence-corrected chi connectivity index (χ0v) is 5.31. The van der Waals surface area contributed by atoms with Crippen molar-refractivity contribution < 1.29 is 27.8 Å². The number of hydrogen-bond acceptors (Lipinski definition) is 2.